The molecule has 0 N–H and O–H groups in total. The van der Waals surface area contributed by atoms with Gasteiger partial charge in [-0.25, -0.2) is 0 Å². The Balaban J connectivity index is 2.85. The minimum absolute atomic E-state index is 0.497. The third kappa shape index (κ3) is 1.64. The molecule has 0 spiro atoms. The molecule has 0 saturated carbocycles. The predicted molar refractivity (Wildman–Crippen MR) is 63.1 cm³/mol. The molecule has 0 atom stereocenters. The van der Waals surface area contributed by atoms with Crippen LogP contribution in [-0.4, -0.2) is 12.1 Å². The van der Waals surface area contributed by atoms with Gasteiger partial charge in [-0.2, -0.15) is 0 Å². The van der Waals surface area contributed by atoms with Gasteiger partial charge in [0.15, 0.2) is 0 Å². The zero-order chi connectivity index (χ0) is 11.0. The molecule has 2 rings (SSSR count). The van der Waals surface area contributed by atoms with Crippen molar-refractivity contribution in [3.05, 3.63) is 33.9 Å². The second kappa shape index (κ2) is 3.87. The summed E-state index contributed by atoms with van der Waals surface area (Å²) in [4.78, 5) is 4.25. The monoisotopic (exact) mass is 241 g/mol. The molecule has 0 radical (unpaired) electrons. The van der Waals surface area contributed by atoms with Crippen molar-refractivity contribution in [3.63, 3.8) is 0 Å². The van der Waals surface area contributed by atoms with Gasteiger partial charge in [0.1, 0.15) is 10.8 Å². The molecular formula is C11H9Cl2NO. The molecule has 2 aromatic rings. The fourth-order valence-corrected chi connectivity index (χ4v) is 1.93. The maximum atomic E-state index is 6.15. The van der Waals surface area contributed by atoms with E-state index in [0.717, 1.165) is 10.9 Å². The Hall–Kier alpha value is -0.990. The number of nitrogens with zero attached hydrogens (tertiary/aromatic N) is 1. The number of fused-ring (bicyclic) bond motifs is 1. The second-order valence-corrected chi connectivity index (χ2v) is 3.99. The lowest BCUT2D eigenvalue weighted by molar-refractivity contribution is 0.415. The van der Waals surface area contributed by atoms with E-state index in [2.05, 4.69) is 4.98 Å². The summed E-state index contributed by atoms with van der Waals surface area (Å²) in [6, 6.07) is 3.65. The minimum Gasteiger partial charge on any atom is -0.495 e. The normalized spacial score (nSPS) is 10.7. The summed E-state index contributed by atoms with van der Waals surface area (Å²) in [6.45, 7) is 1.91. The summed E-state index contributed by atoms with van der Waals surface area (Å²) in [7, 11) is 1.57. The highest BCUT2D eigenvalue weighted by atomic mass is 35.5. The van der Waals surface area contributed by atoms with Gasteiger partial charge in [-0.3, -0.25) is 4.98 Å². The van der Waals surface area contributed by atoms with Crippen molar-refractivity contribution in [2.75, 3.05) is 7.11 Å². The van der Waals surface area contributed by atoms with Gasteiger partial charge in [0.25, 0.3) is 0 Å². The van der Waals surface area contributed by atoms with Crippen molar-refractivity contribution < 1.29 is 4.74 Å². The maximum Gasteiger partial charge on any atom is 0.139 e. The number of hydrogen-bond acceptors (Lipinski definition) is 2. The fraction of sp³-hybridized carbons (Fsp3) is 0.182. The van der Waals surface area contributed by atoms with Crippen LogP contribution in [-0.2, 0) is 0 Å². The smallest absolute Gasteiger partial charge is 0.139 e. The van der Waals surface area contributed by atoms with Gasteiger partial charge in [-0.1, -0.05) is 23.2 Å². The molecule has 0 fully saturated rings. The van der Waals surface area contributed by atoms with Gasteiger partial charge in [0.05, 0.1) is 17.6 Å². The average molecular weight is 242 g/mol. The first kappa shape index (κ1) is 10.5. The van der Waals surface area contributed by atoms with Gasteiger partial charge in [0.2, 0.25) is 0 Å². The van der Waals surface area contributed by atoms with Crippen molar-refractivity contribution in [3.8, 4) is 5.75 Å². The molecule has 0 aliphatic carbocycles. The fourth-order valence-electron chi connectivity index (χ4n) is 1.44. The Bertz CT molecular complexity index is 525. The summed E-state index contributed by atoms with van der Waals surface area (Å²) in [6.07, 6.45) is 1.70. The van der Waals surface area contributed by atoms with Crippen LogP contribution in [0.2, 0.25) is 10.0 Å². The average Bonchev–Trinajstić information content (AvgIpc) is 2.24. The van der Waals surface area contributed by atoms with E-state index in [1.54, 1.807) is 19.4 Å². The van der Waals surface area contributed by atoms with Crippen LogP contribution in [0.4, 0.5) is 0 Å². The van der Waals surface area contributed by atoms with Gasteiger partial charge in [0, 0.05) is 11.6 Å². The number of ether oxygens (including phenoxy) is 1. The van der Waals surface area contributed by atoms with Crippen LogP contribution >= 0.6 is 23.2 Å². The molecule has 15 heavy (non-hydrogen) atoms. The van der Waals surface area contributed by atoms with Crippen molar-refractivity contribution in [1.29, 1.82) is 0 Å². The van der Waals surface area contributed by atoms with Gasteiger partial charge < -0.3 is 4.74 Å². The van der Waals surface area contributed by atoms with E-state index < -0.39 is 0 Å². The maximum absolute atomic E-state index is 6.15. The van der Waals surface area contributed by atoms with Crippen molar-refractivity contribution in [2.45, 2.75) is 6.92 Å². The third-order valence-electron chi connectivity index (χ3n) is 2.27. The van der Waals surface area contributed by atoms with Crippen molar-refractivity contribution >= 4 is 34.1 Å². The number of pyridine rings is 1. The van der Waals surface area contributed by atoms with E-state index >= 15 is 0 Å². The third-order valence-corrected chi connectivity index (χ3v) is 3.14. The molecule has 0 aliphatic rings. The van der Waals surface area contributed by atoms with E-state index in [1.807, 2.05) is 13.0 Å². The molecule has 0 saturated heterocycles. The van der Waals surface area contributed by atoms with E-state index in [4.69, 9.17) is 27.9 Å². The number of halogens is 2. The van der Waals surface area contributed by atoms with Crippen LogP contribution in [0.15, 0.2) is 18.3 Å². The number of aryl methyl sites for hydroxylation is 1. The first-order chi connectivity index (χ1) is 7.15. The topological polar surface area (TPSA) is 22.1 Å². The van der Waals surface area contributed by atoms with E-state index in [0.29, 0.717) is 21.3 Å². The SMILES string of the molecule is COc1ccc2c(Cl)c(C)cnc2c1Cl. The lowest BCUT2D eigenvalue weighted by Crippen LogP contribution is -1.89. The highest BCUT2D eigenvalue weighted by Crippen LogP contribution is 2.35. The Morgan fingerprint density at radius 3 is 2.60 bits per heavy atom. The van der Waals surface area contributed by atoms with Crippen molar-refractivity contribution in [2.24, 2.45) is 0 Å². The Labute approximate surface area is 97.8 Å². The molecule has 0 amide bonds. The first-order valence-corrected chi connectivity index (χ1v) is 5.18. The van der Waals surface area contributed by atoms with E-state index in [-0.39, 0.29) is 0 Å². The Kier molecular flexibility index (Phi) is 2.72. The number of rotatable bonds is 1. The Morgan fingerprint density at radius 2 is 1.93 bits per heavy atom. The molecule has 1 aromatic carbocycles. The summed E-state index contributed by atoms with van der Waals surface area (Å²) < 4.78 is 5.11. The first-order valence-electron chi connectivity index (χ1n) is 4.42. The number of benzene rings is 1. The molecule has 2 nitrogen and oxygen atoms in total. The number of methoxy groups -OCH3 is 1. The summed E-state index contributed by atoms with van der Waals surface area (Å²) in [5.74, 6) is 0.608. The largest absolute Gasteiger partial charge is 0.495 e. The molecule has 4 heteroatoms. The van der Waals surface area contributed by atoms with Crippen LogP contribution in [0, 0.1) is 6.92 Å². The summed E-state index contributed by atoms with van der Waals surface area (Å²) in [5, 5.41) is 2.03. The molecule has 0 bridgehead atoms. The molecule has 1 aromatic heterocycles. The molecule has 1 heterocycles. The van der Waals surface area contributed by atoms with E-state index in [9.17, 15) is 0 Å². The highest BCUT2D eigenvalue weighted by Gasteiger charge is 2.10. The van der Waals surface area contributed by atoms with Crippen LogP contribution in [0.5, 0.6) is 5.75 Å². The number of hydrogen-bond donors (Lipinski definition) is 0. The lowest BCUT2D eigenvalue weighted by atomic mass is 10.1. The minimum atomic E-state index is 0.497. The number of aromatic nitrogens is 1. The molecular weight excluding hydrogens is 233 g/mol. The van der Waals surface area contributed by atoms with Gasteiger partial charge in [-0.15, -0.1) is 0 Å². The zero-order valence-corrected chi connectivity index (χ0v) is 9.86. The van der Waals surface area contributed by atoms with Gasteiger partial charge in [-0.05, 0) is 24.6 Å². The zero-order valence-electron chi connectivity index (χ0n) is 8.34. The Morgan fingerprint density at radius 1 is 1.20 bits per heavy atom. The van der Waals surface area contributed by atoms with Gasteiger partial charge >= 0.3 is 0 Å². The lowest BCUT2D eigenvalue weighted by Gasteiger charge is -2.07. The van der Waals surface area contributed by atoms with Crippen LogP contribution < -0.4 is 4.74 Å². The summed E-state index contributed by atoms with van der Waals surface area (Å²) >= 11 is 12.3. The van der Waals surface area contributed by atoms with E-state index in [1.165, 1.54) is 0 Å². The molecule has 0 aliphatic heterocycles. The molecule has 78 valence electrons. The van der Waals surface area contributed by atoms with Crippen LogP contribution in [0.3, 0.4) is 0 Å². The second-order valence-electron chi connectivity index (χ2n) is 3.23. The quantitative estimate of drug-likeness (QED) is 0.757. The summed E-state index contributed by atoms with van der Waals surface area (Å²) in [5.41, 5.74) is 1.61. The standard InChI is InChI=1S/C11H9Cl2NO/c1-6-5-14-11-7(9(6)12)3-4-8(15-2)10(11)13/h3-5H,1-2H3. The van der Waals surface area contributed by atoms with Crippen molar-refractivity contribution in [1.82, 2.24) is 4.98 Å². The highest BCUT2D eigenvalue weighted by molar-refractivity contribution is 6.40. The van der Waals surface area contributed by atoms with Crippen LogP contribution in [0.1, 0.15) is 5.56 Å². The van der Waals surface area contributed by atoms with Crippen LogP contribution in [0.25, 0.3) is 10.9 Å². The molecule has 0 unspecified atom stereocenters. The predicted octanol–water partition coefficient (Wildman–Crippen LogP) is 3.86.